The number of nitrogens with zero attached hydrogens (tertiary/aromatic N) is 2. The van der Waals surface area contributed by atoms with Crippen LogP contribution in [-0.2, 0) is 26.7 Å². The molecule has 2 aliphatic rings. The van der Waals surface area contributed by atoms with Crippen molar-refractivity contribution in [3.63, 3.8) is 0 Å². The molecule has 0 amide bonds. The summed E-state index contributed by atoms with van der Waals surface area (Å²) >= 11 is 0. The predicted octanol–water partition coefficient (Wildman–Crippen LogP) is 3.96. The number of aliphatic hydroxyl groups excluding tert-OH is 2. The first-order valence-corrected chi connectivity index (χ1v) is 14.7. The maximum Gasteiger partial charge on any atom is 2.00 e. The van der Waals surface area contributed by atoms with Gasteiger partial charge < -0.3 is 40.0 Å². The van der Waals surface area contributed by atoms with E-state index in [1.165, 1.54) is 0 Å². The van der Waals surface area contributed by atoms with Gasteiger partial charge in [0, 0.05) is 45.1 Å². The Hall–Kier alpha value is -4.02. The number of aryl methyl sites for hydroxylation is 2. The molecule has 45 heavy (non-hydrogen) atoms. The molecule has 0 saturated carbocycles. The number of carboxylic acids is 2. The van der Waals surface area contributed by atoms with Crippen LogP contribution in [0.3, 0.4) is 0 Å². The van der Waals surface area contributed by atoms with Gasteiger partial charge in [0.05, 0.1) is 35.0 Å². The van der Waals surface area contributed by atoms with E-state index in [4.69, 9.17) is 9.97 Å². The van der Waals surface area contributed by atoms with Crippen LogP contribution in [-0.4, -0.2) is 42.1 Å². The minimum atomic E-state index is -1.18. The molecular formula is C34H36CuN4O6. The van der Waals surface area contributed by atoms with Crippen molar-refractivity contribution in [1.29, 1.82) is 0 Å². The Labute approximate surface area is 271 Å². The second-order valence-corrected chi connectivity index (χ2v) is 11.6. The van der Waals surface area contributed by atoms with Crippen LogP contribution in [0.2, 0.25) is 0 Å². The van der Waals surface area contributed by atoms with Crippen molar-refractivity contribution in [3.8, 4) is 0 Å². The number of nitrogens with one attached hydrogen (secondary N) is 2. The van der Waals surface area contributed by atoms with Gasteiger partial charge in [0.2, 0.25) is 0 Å². The SMILES string of the molecule is CC1=C(CCC(=O)[O-])c2cc3nc(cc4[nH]c(cc5[nH]c(cc1n2)c(C)c5C(C)O)c(C)c4C(C)O)C(C)=C3CCC(=O)[O-].[Cu+2]. The fourth-order valence-electron chi connectivity index (χ4n) is 6.31. The molecule has 3 aromatic heterocycles. The zero-order chi connectivity index (χ0) is 32.0. The van der Waals surface area contributed by atoms with Crippen molar-refractivity contribution in [2.24, 2.45) is 0 Å². The van der Waals surface area contributed by atoms with E-state index >= 15 is 0 Å². The quantitative estimate of drug-likeness (QED) is 0.263. The monoisotopic (exact) mass is 659 g/mol. The molecule has 2 aliphatic heterocycles. The molecule has 0 saturated heterocycles. The third-order valence-electron chi connectivity index (χ3n) is 8.63. The van der Waals surface area contributed by atoms with Crippen LogP contribution in [0.4, 0.5) is 0 Å². The van der Waals surface area contributed by atoms with Crippen LogP contribution >= 0.6 is 0 Å². The van der Waals surface area contributed by atoms with Crippen molar-refractivity contribution in [3.05, 3.63) is 69.3 Å². The molecule has 0 aliphatic carbocycles. The summed E-state index contributed by atoms with van der Waals surface area (Å²) in [6.07, 6.45) is -1.59. The van der Waals surface area contributed by atoms with Crippen molar-refractivity contribution in [2.45, 2.75) is 79.4 Å². The van der Waals surface area contributed by atoms with Crippen LogP contribution in [0.25, 0.3) is 44.4 Å². The zero-order valence-electron chi connectivity index (χ0n) is 26.0. The fraction of sp³-hybridized carbons (Fsp3) is 0.353. The number of allylic oxidation sites excluding steroid dienone is 4. The molecule has 5 heterocycles. The van der Waals surface area contributed by atoms with E-state index in [9.17, 15) is 30.0 Å². The smallest absolute Gasteiger partial charge is 0.550 e. The molecule has 2 atom stereocenters. The first kappa shape index (κ1) is 33.9. The van der Waals surface area contributed by atoms with Gasteiger partial charge in [0.25, 0.3) is 0 Å². The molecule has 10 nitrogen and oxygen atoms in total. The molecule has 4 N–H and O–H groups in total. The zero-order valence-corrected chi connectivity index (χ0v) is 27.0. The average molecular weight is 660 g/mol. The topological polar surface area (TPSA) is 178 Å². The van der Waals surface area contributed by atoms with Gasteiger partial charge >= 0.3 is 17.1 Å². The van der Waals surface area contributed by atoms with E-state index in [0.717, 1.165) is 50.0 Å². The number of H-pyrrole nitrogens is 2. The van der Waals surface area contributed by atoms with E-state index in [0.29, 0.717) is 39.4 Å². The van der Waals surface area contributed by atoms with Crippen LogP contribution in [0.1, 0.15) is 111 Å². The summed E-state index contributed by atoms with van der Waals surface area (Å²) in [5.41, 5.74) is 11.3. The maximum absolute atomic E-state index is 11.4. The summed E-state index contributed by atoms with van der Waals surface area (Å²) in [5.74, 6) is -2.35. The van der Waals surface area contributed by atoms with E-state index in [2.05, 4.69) is 9.97 Å². The Morgan fingerprint density at radius 1 is 0.667 bits per heavy atom. The van der Waals surface area contributed by atoms with Gasteiger partial charge in [-0.3, -0.25) is 0 Å². The molecule has 0 aromatic carbocycles. The number of hydrogen-bond acceptors (Lipinski definition) is 8. The summed E-state index contributed by atoms with van der Waals surface area (Å²) < 4.78 is 0. The summed E-state index contributed by atoms with van der Waals surface area (Å²) in [4.78, 5) is 39.5. The first-order chi connectivity index (χ1) is 20.8. The Morgan fingerprint density at radius 2 is 1.04 bits per heavy atom. The minimum absolute atomic E-state index is 0. The second kappa shape index (κ2) is 13.1. The molecule has 0 fully saturated rings. The molecule has 8 bridgehead atoms. The molecule has 3 aromatic rings. The predicted molar refractivity (Wildman–Crippen MR) is 165 cm³/mol. The molecule has 11 heteroatoms. The van der Waals surface area contributed by atoms with Crippen molar-refractivity contribution in [1.82, 2.24) is 19.9 Å². The van der Waals surface area contributed by atoms with E-state index in [1.54, 1.807) is 19.9 Å². The molecule has 1 radical (unpaired) electrons. The van der Waals surface area contributed by atoms with Crippen LogP contribution in [0, 0.1) is 13.8 Å². The number of aromatic amines is 2. The summed E-state index contributed by atoms with van der Waals surface area (Å²) in [7, 11) is 0. The Kier molecular flexibility index (Phi) is 9.89. The van der Waals surface area contributed by atoms with Gasteiger partial charge in [-0.2, -0.15) is 0 Å². The average Bonchev–Trinajstić information content (AvgIpc) is 3.59. The van der Waals surface area contributed by atoms with Crippen molar-refractivity contribution >= 4 is 56.3 Å². The van der Waals surface area contributed by atoms with Crippen molar-refractivity contribution < 1.29 is 47.1 Å². The Bertz CT molecular complexity index is 1930. The van der Waals surface area contributed by atoms with Gasteiger partial charge in [0.1, 0.15) is 0 Å². The van der Waals surface area contributed by atoms with Crippen molar-refractivity contribution in [2.75, 3.05) is 0 Å². The van der Waals surface area contributed by atoms with E-state index < -0.39 is 24.1 Å². The van der Waals surface area contributed by atoms with Crippen LogP contribution in [0.15, 0.2) is 24.3 Å². The normalized spacial score (nSPS) is 14.4. The minimum Gasteiger partial charge on any atom is -0.550 e. The van der Waals surface area contributed by atoms with Crippen LogP contribution < -0.4 is 10.2 Å². The van der Waals surface area contributed by atoms with Crippen LogP contribution in [0.5, 0.6) is 0 Å². The third-order valence-corrected chi connectivity index (χ3v) is 8.63. The number of aliphatic hydroxyl groups is 2. The van der Waals surface area contributed by atoms with Gasteiger partial charge in [0.15, 0.2) is 0 Å². The Morgan fingerprint density at radius 3 is 1.44 bits per heavy atom. The largest absolute Gasteiger partial charge is 2.00 e. The summed E-state index contributed by atoms with van der Waals surface area (Å²) in [5, 5.41) is 44.4. The van der Waals surface area contributed by atoms with E-state index in [1.807, 2.05) is 45.9 Å². The number of carboxylic acid groups (broad SMARTS) is 2. The van der Waals surface area contributed by atoms with E-state index in [-0.39, 0.29) is 42.8 Å². The van der Waals surface area contributed by atoms with Gasteiger partial charge in [-0.25, -0.2) is 9.97 Å². The number of hydrogen-bond donors (Lipinski definition) is 4. The number of aliphatic carboxylic acids is 2. The molecule has 5 rings (SSSR count). The number of carbonyl (C=O) groups excluding carboxylic acids is 2. The number of rotatable bonds is 8. The standard InChI is InChI=1S/C34H38N4O6.Cu/c1-15-21(7-9-31(41)42)27-14-28-22(8-10-32(43)44)16(2)24(36-28)12-29-34(20(6)40)18(4)26(38-29)13-30-33(19(5)39)17(3)25(37-30)11-23(15)35-27;/h11-14,19-20,37-40H,7-10H2,1-6H3,(H,41,42)(H,43,44);/q;+2/p-2. The maximum atomic E-state index is 11.4. The summed E-state index contributed by atoms with van der Waals surface area (Å²) in [6, 6.07) is 7.41. The molecule has 239 valence electrons. The first-order valence-electron chi connectivity index (χ1n) is 14.7. The number of aromatic nitrogens is 4. The third kappa shape index (κ3) is 6.53. The van der Waals surface area contributed by atoms with Gasteiger partial charge in [-0.15, -0.1) is 0 Å². The molecular weight excluding hydrogens is 624 g/mol. The number of carbonyl (C=O) groups is 2. The second-order valence-electron chi connectivity index (χ2n) is 11.6. The fourth-order valence-corrected chi connectivity index (χ4v) is 6.31. The molecule has 0 spiro atoms. The Balaban J connectivity index is 0.00000461. The van der Waals surface area contributed by atoms with Gasteiger partial charge in [-0.1, -0.05) is 0 Å². The van der Waals surface area contributed by atoms with Gasteiger partial charge in [-0.05, 0) is 125 Å². The summed E-state index contributed by atoms with van der Waals surface area (Å²) in [6.45, 7) is 11.0. The molecule has 2 unspecified atom stereocenters. The number of fused-ring (bicyclic) bond motifs is 8.